The summed E-state index contributed by atoms with van der Waals surface area (Å²) in [6, 6.07) is 13.1. The molecule has 2 aliphatic heterocycles. The fraction of sp³-hybridized carbons (Fsp3) is 0.333. The van der Waals surface area contributed by atoms with Crippen LogP contribution in [-0.4, -0.2) is 24.4 Å². The van der Waals surface area contributed by atoms with Gasteiger partial charge in [0.15, 0.2) is 0 Å². The number of rotatable bonds is 4. The van der Waals surface area contributed by atoms with Crippen molar-refractivity contribution in [3.8, 4) is 0 Å². The van der Waals surface area contributed by atoms with Crippen LogP contribution in [0.25, 0.3) is 0 Å². The molecule has 1 atom stereocenters. The summed E-state index contributed by atoms with van der Waals surface area (Å²) in [5.74, 6) is 0.0914. The van der Waals surface area contributed by atoms with Crippen LogP contribution >= 0.6 is 24.0 Å². The molecule has 2 aromatic carbocycles. The van der Waals surface area contributed by atoms with Crippen molar-refractivity contribution >= 4 is 47.2 Å². The van der Waals surface area contributed by atoms with E-state index in [0.29, 0.717) is 18.0 Å². The molecule has 2 amide bonds. The maximum atomic E-state index is 12.4. The average molecular weight is 420 g/mol. The number of amides is 2. The van der Waals surface area contributed by atoms with Gasteiger partial charge in [0.25, 0.3) is 0 Å². The standard InChI is InChI=1S/C21H22ClN3O2.ClH/c22-16-7-6-15-11-20(26)25(19(15)12-16)13-14-4-8-17(9-5-14)24-21(27)18-3-1-2-10-23-18;/h4-9,12,18,23H,1-3,10-11,13H2,(H,24,27);1H. The molecule has 7 heteroatoms. The predicted octanol–water partition coefficient (Wildman–Crippen LogP) is 3.93. The zero-order valence-corrected chi connectivity index (χ0v) is 17.0. The summed E-state index contributed by atoms with van der Waals surface area (Å²) >= 11 is 6.09. The van der Waals surface area contributed by atoms with Crippen LogP contribution < -0.4 is 15.5 Å². The Bertz CT molecular complexity index is 864. The van der Waals surface area contributed by atoms with Gasteiger partial charge >= 0.3 is 0 Å². The number of benzene rings is 2. The normalized spacial score (nSPS) is 18.4. The summed E-state index contributed by atoms with van der Waals surface area (Å²) in [7, 11) is 0. The van der Waals surface area contributed by atoms with E-state index in [2.05, 4.69) is 10.6 Å². The lowest BCUT2D eigenvalue weighted by atomic mass is 10.0. The number of nitrogens with one attached hydrogen (secondary N) is 2. The fourth-order valence-corrected chi connectivity index (χ4v) is 3.85. The van der Waals surface area contributed by atoms with Gasteiger partial charge in [-0.3, -0.25) is 9.59 Å². The van der Waals surface area contributed by atoms with Crippen molar-refractivity contribution in [3.05, 3.63) is 58.6 Å². The van der Waals surface area contributed by atoms with Crippen LogP contribution in [-0.2, 0) is 22.6 Å². The maximum Gasteiger partial charge on any atom is 0.241 e. The molecular formula is C21H23Cl2N3O2. The summed E-state index contributed by atoms with van der Waals surface area (Å²) < 4.78 is 0. The summed E-state index contributed by atoms with van der Waals surface area (Å²) in [5.41, 5.74) is 3.67. The molecular weight excluding hydrogens is 397 g/mol. The molecule has 1 unspecified atom stereocenters. The molecule has 4 rings (SSSR count). The first-order chi connectivity index (χ1) is 13.1. The third-order valence-corrected chi connectivity index (χ3v) is 5.40. The molecule has 1 fully saturated rings. The fourth-order valence-electron chi connectivity index (χ4n) is 3.68. The molecule has 0 aromatic heterocycles. The van der Waals surface area contributed by atoms with Crippen LogP contribution in [0.4, 0.5) is 11.4 Å². The molecule has 1 saturated heterocycles. The van der Waals surface area contributed by atoms with Gasteiger partial charge in [-0.15, -0.1) is 12.4 Å². The van der Waals surface area contributed by atoms with E-state index in [1.54, 1.807) is 4.90 Å². The molecule has 0 saturated carbocycles. The second-order valence-electron chi connectivity index (χ2n) is 7.12. The van der Waals surface area contributed by atoms with Crippen LogP contribution in [0.5, 0.6) is 0 Å². The first-order valence-electron chi connectivity index (χ1n) is 9.32. The van der Waals surface area contributed by atoms with E-state index in [-0.39, 0.29) is 30.3 Å². The zero-order chi connectivity index (χ0) is 18.8. The SMILES string of the molecule is Cl.O=C(Nc1ccc(CN2C(=O)Cc3ccc(Cl)cc32)cc1)C1CCCCN1. The van der Waals surface area contributed by atoms with Crippen molar-refractivity contribution in [3.63, 3.8) is 0 Å². The number of hydrogen-bond acceptors (Lipinski definition) is 3. The van der Waals surface area contributed by atoms with Gasteiger partial charge in [0, 0.05) is 16.4 Å². The molecule has 2 aromatic rings. The maximum absolute atomic E-state index is 12.4. The smallest absolute Gasteiger partial charge is 0.241 e. The summed E-state index contributed by atoms with van der Waals surface area (Å²) in [5, 5.41) is 6.84. The molecule has 28 heavy (non-hydrogen) atoms. The van der Waals surface area contributed by atoms with Crippen LogP contribution in [0, 0.1) is 0 Å². The molecule has 0 radical (unpaired) electrons. The number of anilines is 2. The van der Waals surface area contributed by atoms with Crippen LogP contribution in [0.3, 0.4) is 0 Å². The van der Waals surface area contributed by atoms with Gasteiger partial charge in [0.2, 0.25) is 11.8 Å². The molecule has 0 aliphatic carbocycles. The quantitative estimate of drug-likeness (QED) is 0.788. The predicted molar refractivity (Wildman–Crippen MR) is 114 cm³/mol. The number of halogens is 2. The second kappa shape index (κ2) is 8.95. The first-order valence-corrected chi connectivity index (χ1v) is 9.70. The number of nitrogens with zero attached hydrogens (tertiary/aromatic N) is 1. The van der Waals surface area contributed by atoms with Crippen molar-refractivity contribution in [2.24, 2.45) is 0 Å². The largest absolute Gasteiger partial charge is 0.325 e. The highest BCUT2D eigenvalue weighted by atomic mass is 35.5. The van der Waals surface area contributed by atoms with E-state index in [1.165, 1.54) is 0 Å². The van der Waals surface area contributed by atoms with Gasteiger partial charge in [-0.2, -0.15) is 0 Å². The van der Waals surface area contributed by atoms with Gasteiger partial charge < -0.3 is 15.5 Å². The Labute approximate surface area is 175 Å². The monoisotopic (exact) mass is 419 g/mol. The van der Waals surface area contributed by atoms with Gasteiger partial charge in [0.1, 0.15) is 0 Å². The van der Waals surface area contributed by atoms with Crippen LogP contribution in [0.15, 0.2) is 42.5 Å². The lowest BCUT2D eigenvalue weighted by Crippen LogP contribution is -2.43. The van der Waals surface area contributed by atoms with E-state index >= 15 is 0 Å². The number of piperidine rings is 1. The lowest BCUT2D eigenvalue weighted by Gasteiger charge is -2.22. The van der Waals surface area contributed by atoms with E-state index in [1.807, 2.05) is 42.5 Å². The summed E-state index contributed by atoms with van der Waals surface area (Å²) in [6.45, 7) is 1.39. The minimum Gasteiger partial charge on any atom is -0.325 e. The van der Waals surface area contributed by atoms with E-state index in [0.717, 1.165) is 48.3 Å². The van der Waals surface area contributed by atoms with Crippen molar-refractivity contribution in [1.82, 2.24) is 5.32 Å². The first kappa shape index (κ1) is 20.6. The second-order valence-corrected chi connectivity index (χ2v) is 7.55. The molecule has 148 valence electrons. The van der Waals surface area contributed by atoms with E-state index in [9.17, 15) is 9.59 Å². The van der Waals surface area contributed by atoms with Gasteiger partial charge in [-0.05, 0) is 54.8 Å². The molecule has 2 N–H and O–H groups in total. The minimum absolute atomic E-state index is 0. The van der Waals surface area contributed by atoms with Crippen molar-refractivity contribution < 1.29 is 9.59 Å². The lowest BCUT2D eigenvalue weighted by molar-refractivity contribution is -0.119. The van der Waals surface area contributed by atoms with Gasteiger partial charge in [0.05, 0.1) is 19.0 Å². The van der Waals surface area contributed by atoms with Crippen molar-refractivity contribution in [2.45, 2.75) is 38.3 Å². The Morgan fingerprint density at radius 2 is 1.96 bits per heavy atom. The zero-order valence-electron chi connectivity index (χ0n) is 15.4. The van der Waals surface area contributed by atoms with Gasteiger partial charge in [-0.25, -0.2) is 0 Å². The highest BCUT2D eigenvalue weighted by Crippen LogP contribution is 2.32. The Hall–Kier alpha value is -2.08. The Morgan fingerprint density at radius 3 is 2.68 bits per heavy atom. The van der Waals surface area contributed by atoms with Crippen molar-refractivity contribution in [2.75, 3.05) is 16.8 Å². The molecule has 0 bridgehead atoms. The highest BCUT2D eigenvalue weighted by molar-refractivity contribution is 6.31. The molecule has 5 nitrogen and oxygen atoms in total. The highest BCUT2D eigenvalue weighted by Gasteiger charge is 2.27. The third kappa shape index (κ3) is 4.49. The minimum atomic E-state index is -0.109. The third-order valence-electron chi connectivity index (χ3n) is 5.17. The Morgan fingerprint density at radius 1 is 1.18 bits per heavy atom. The van der Waals surface area contributed by atoms with Crippen LogP contribution in [0.2, 0.25) is 5.02 Å². The molecule has 0 spiro atoms. The average Bonchev–Trinajstić information content (AvgIpc) is 2.99. The molecule has 2 aliphatic rings. The molecule has 2 heterocycles. The van der Waals surface area contributed by atoms with E-state index < -0.39 is 0 Å². The topological polar surface area (TPSA) is 61.4 Å². The van der Waals surface area contributed by atoms with E-state index in [4.69, 9.17) is 11.6 Å². The number of carbonyl (C=O) groups is 2. The summed E-state index contributed by atoms with van der Waals surface area (Å²) in [4.78, 5) is 26.4. The Kier molecular flexibility index (Phi) is 6.60. The Balaban J connectivity index is 0.00000225. The van der Waals surface area contributed by atoms with Gasteiger partial charge in [-0.1, -0.05) is 36.2 Å². The van der Waals surface area contributed by atoms with Crippen molar-refractivity contribution in [1.29, 1.82) is 0 Å². The number of fused-ring (bicyclic) bond motifs is 1. The van der Waals surface area contributed by atoms with Crippen LogP contribution in [0.1, 0.15) is 30.4 Å². The number of hydrogen-bond donors (Lipinski definition) is 2. The summed E-state index contributed by atoms with van der Waals surface area (Å²) in [6.07, 6.45) is 3.50. The number of carbonyl (C=O) groups excluding carboxylic acids is 2.